The summed E-state index contributed by atoms with van der Waals surface area (Å²) in [6.45, 7) is 6.09. The first-order valence-corrected chi connectivity index (χ1v) is 4.27. The molecule has 1 heterocycles. The molecule has 2 nitrogen and oxygen atoms in total. The van der Waals surface area contributed by atoms with Gasteiger partial charge in [-0.3, -0.25) is 0 Å². The van der Waals surface area contributed by atoms with E-state index in [0.717, 1.165) is 16.8 Å². The molecule has 0 fully saturated rings. The summed E-state index contributed by atoms with van der Waals surface area (Å²) >= 11 is 0. The Hall–Kier alpha value is -1.49. The number of nitrogens with zero attached hydrogens (tertiary/aromatic N) is 2. The average molecular weight is 174 g/mol. The summed E-state index contributed by atoms with van der Waals surface area (Å²) in [5.74, 6) is 0. The van der Waals surface area contributed by atoms with Gasteiger partial charge >= 0.3 is 0 Å². The van der Waals surface area contributed by atoms with Gasteiger partial charge in [0.25, 0.3) is 0 Å². The van der Waals surface area contributed by atoms with Crippen LogP contribution in [0.25, 0.3) is 6.08 Å². The third-order valence-electron chi connectivity index (χ3n) is 2.09. The Morgan fingerprint density at radius 3 is 2.62 bits per heavy atom. The van der Waals surface area contributed by atoms with E-state index in [1.807, 2.05) is 44.7 Å². The molecule has 0 spiro atoms. The Kier molecular flexibility index (Phi) is 2.57. The highest BCUT2D eigenvalue weighted by atomic mass is 14.9. The van der Waals surface area contributed by atoms with Crippen LogP contribution in [-0.2, 0) is 7.05 Å². The molecule has 0 atom stereocenters. The molecule has 0 aliphatic carbocycles. The molecule has 0 aliphatic rings. The number of hydrogen-bond acceptors (Lipinski definition) is 1. The van der Waals surface area contributed by atoms with E-state index in [-0.39, 0.29) is 0 Å². The second kappa shape index (κ2) is 3.49. The van der Waals surface area contributed by atoms with Crippen molar-refractivity contribution in [1.82, 2.24) is 4.57 Å². The highest BCUT2D eigenvalue weighted by Gasteiger charge is 2.07. The molecule has 68 valence electrons. The molecule has 0 aliphatic heterocycles. The molecule has 13 heavy (non-hydrogen) atoms. The van der Waals surface area contributed by atoms with Gasteiger partial charge in [0, 0.05) is 24.5 Å². The van der Waals surface area contributed by atoms with Crippen molar-refractivity contribution in [3.63, 3.8) is 0 Å². The van der Waals surface area contributed by atoms with Gasteiger partial charge in [-0.05, 0) is 20.8 Å². The zero-order valence-corrected chi connectivity index (χ0v) is 8.55. The molecule has 1 aromatic rings. The first kappa shape index (κ1) is 9.60. The molecule has 0 bridgehead atoms. The van der Waals surface area contributed by atoms with E-state index in [0.29, 0.717) is 0 Å². The maximum Gasteiger partial charge on any atom is 0.101 e. The lowest BCUT2D eigenvalue weighted by atomic mass is 10.1. The van der Waals surface area contributed by atoms with Gasteiger partial charge in [-0.15, -0.1) is 0 Å². The van der Waals surface area contributed by atoms with Crippen LogP contribution >= 0.6 is 0 Å². The summed E-state index contributed by atoms with van der Waals surface area (Å²) in [4.78, 5) is 0. The van der Waals surface area contributed by atoms with Crippen molar-refractivity contribution >= 4 is 6.08 Å². The van der Waals surface area contributed by atoms with Crippen molar-refractivity contribution in [2.75, 3.05) is 0 Å². The smallest absolute Gasteiger partial charge is 0.101 e. The number of hydrogen-bond donors (Lipinski definition) is 0. The van der Waals surface area contributed by atoms with Gasteiger partial charge in [0.05, 0.1) is 5.56 Å². The molecule has 1 rings (SSSR count). The summed E-state index contributed by atoms with van der Waals surface area (Å²) < 4.78 is 1.98. The second-order valence-electron chi connectivity index (χ2n) is 3.49. The minimum absolute atomic E-state index is 0.751. The van der Waals surface area contributed by atoms with Crippen LogP contribution in [0.1, 0.15) is 30.7 Å². The first-order chi connectivity index (χ1) is 6.06. The molecule has 0 radical (unpaired) electrons. The van der Waals surface area contributed by atoms with Gasteiger partial charge < -0.3 is 4.57 Å². The lowest BCUT2D eigenvalue weighted by Gasteiger charge is -1.97. The highest BCUT2D eigenvalue weighted by molar-refractivity contribution is 5.62. The van der Waals surface area contributed by atoms with Crippen molar-refractivity contribution in [2.45, 2.75) is 20.8 Å². The summed E-state index contributed by atoms with van der Waals surface area (Å²) in [5, 5.41) is 8.88. The molecule has 0 unspecified atom stereocenters. The van der Waals surface area contributed by atoms with E-state index < -0.39 is 0 Å². The van der Waals surface area contributed by atoms with Crippen molar-refractivity contribution in [2.24, 2.45) is 7.05 Å². The maximum atomic E-state index is 8.88. The molecule has 0 saturated heterocycles. The molecule has 1 aromatic heterocycles. The second-order valence-corrected chi connectivity index (χ2v) is 3.49. The number of aryl methyl sites for hydroxylation is 1. The van der Waals surface area contributed by atoms with Crippen molar-refractivity contribution in [1.29, 1.82) is 5.26 Å². The molecule has 0 amide bonds. The van der Waals surface area contributed by atoms with Gasteiger partial charge in [0.1, 0.15) is 6.07 Å². The summed E-state index contributed by atoms with van der Waals surface area (Å²) in [6, 6.07) is 2.20. The number of rotatable bonds is 1. The normalized spacial score (nSPS) is 9.46. The lowest BCUT2D eigenvalue weighted by Crippen LogP contribution is -1.88. The topological polar surface area (TPSA) is 28.7 Å². The van der Waals surface area contributed by atoms with Gasteiger partial charge in [-0.25, -0.2) is 0 Å². The summed E-state index contributed by atoms with van der Waals surface area (Å²) in [6.07, 6.45) is 3.91. The van der Waals surface area contributed by atoms with E-state index in [1.54, 1.807) is 0 Å². The van der Waals surface area contributed by atoms with Crippen LogP contribution in [0, 0.1) is 18.3 Å². The molecule has 0 saturated carbocycles. The van der Waals surface area contributed by atoms with Crippen molar-refractivity contribution in [3.8, 4) is 6.07 Å². The minimum Gasteiger partial charge on any atom is -0.353 e. The zero-order valence-electron chi connectivity index (χ0n) is 8.55. The third kappa shape index (κ3) is 1.81. The Morgan fingerprint density at radius 1 is 1.54 bits per heavy atom. The van der Waals surface area contributed by atoms with Crippen molar-refractivity contribution < 1.29 is 0 Å². The fourth-order valence-electron chi connectivity index (χ4n) is 1.30. The quantitative estimate of drug-likeness (QED) is 0.643. The monoisotopic (exact) mass is 174 g/mol. The van der Waals surface area contributed by atoms with E-state index in [9.17, 15) is 0 Å². The average Bonchev–Trinajstić information content (AvgIpc) is 2.31. The summed E-state index contributed by atoms with van der Waals surface area (Å²) in [5.41, 5.74) is 4.15. The fourth-order valence-corrected chi connectivity index (χ4v) is 1.30. The third-order valence-corrected chi connectivity index (χ3v) is 2.09. The van der Waals surface area contributed by atoms with Crippen LogP contribution < -0.4 is 0 Å². The Bertz CT molecular complexity index is 385. The van der Waals surface area contributed by atoms with E-state index in [1.165, 1.54) is 5.57 Å². The molecule has 0 N–H and O–H groups in total. The van der Waals surface area contributed by atoms with Crippen LogP contribution in [0.2, 0.25) is 0 Å². The fraction of sp³-hybridized carbons (Fsp3) is 0.364. The predicted molar refractivity (Wildman–Crippen MR) is 54.2 cm³/mol. The predicted octanol–water partition coefficient (Wildman–Crippen LogP) is 2.63. The maximum absolute atomic E-state index is 8.88. The Morgan fingerprint density at radius 2 is 2.15 bits per heavy atom. The van der Waals surface area contributed by atoms with Crippen molar-refractivity contribution in [3.05, 3.63) is 28.6 Å². The Labute approximate surface area is 79.1 Å². The molecule has 0 aromatic carbocycles. The van der Waals surface area contributed by atoms with Gasteiger partial charge in [0.15, 0.2) is 0 Å². The van der Waals surface area contributed by atoms with Crippen LogP contribution in [0.4, 0.5) is 0 Å². The van der Waals surface area contributed by atoms with Crippen LogP contribution in [-0.4, -0.2) is 4.57 Å². The largest absolute Gasteiger partial charge is 0.353 e. The van der Waals surface area contributed by atoms with E-state index in [4.69, 9.17) is 5.26 Å². The van der Waals surface area contributed by atoms with Crippen LogP contribution in [0.3, 0.4) is 0 Å². The first-order valence-electron chi connectivity index (χ1n) is 4.27. The SMILES string of the molecule is CC(C)=Cc1c(C#N)cn(C)c1C. The van der Waals surface area contributed by atoms with Crippen LogP contribution in [0.15, 0.2) is 11.8 Å². The molecular formula is C11H14N2. The van der Waals surface area contributed by atoms with Gasteiger partial charge in [-0.2, -0.15) is 5.26 Å². The highest BCUT2D eigenvalue weighted by Crippen LogP contribution is 2.18. The molecule has 2 heteroatoms. The van der Waals surface area contributed by atoms with Crippen LogP contribution in [0.5, 0.6) is 0 Å². The number of nitriles is 1. The van der Waals surface area contributed by atoms with Gasteiger partial charge in [-0.1, -0.05) is 11.6 Å². The Balaban J connectivity index is 3.35. The van der Waals surface area contributed by atoms with E-state index in [2.05, 4.69) is 6.07 Å². The van der Waals surface area contributed by atoms with Gasteiger partial charge in [0.2, 0.25) is 0 Å². The van der Waals surface area contributed by atoms with E-state index >= 15 is 0 Å². The number of allylic oxidation sites excluding steroid dienone is 1. The lowest BCUT2D eigenvalue weighted by molar-refractivity contribution is 0.880. The summed E-state index contributed by atoms with van der Waals surface area (Å²) in [7, 11) is 1.96. The standard InChI is InChI=1S/C11H14N2/c1-8(2)5-11-9(3)13(4)7-10(11)6-12/h5,7H,1-4H3. The zero-order chi connectivity index (χ0) is 10.0. The number of aromatic nitrogens is 1. The minimum atomic E-state index is 0.751. The molecular weight excluding hydrogens is 160 g/mol.